The Morgan fingerprint density at radius 3 is 2.05 bits per heavy atom. The van der Waals surface area contributed by atoms with E-state index in [1.54, 1.807) is 38.5 Å². The maximum atomic E-state index is 13.9. The van der Waals surface area contributed by atoms with E-state index in [0.717, 1.165) is 34.9 Å². The van der Waals surface area contributed by atoms with Gasteiger partial charge in [-0.2, -0.15) is 0 Å². The third kappa shape index (κ3) is 6.83. The molecule has 0 heterocycles. The maximum absolute atomic E-state index is 13.9. The van der Waals surface area contributed by atoms with Crippen LogP contribution in [-0.4, -0.2) is 50.5 Å². The molecule has 37 heavy (non-hydrogen) atoms. The number of carbonyl (C=O) groups is 2. The average Bonchev–Trinajstić information content (AvgIpc) is 2.88. The van der Waals surface area contributed by atoms with Crippen LogP contribution in [0.5, 0.6) is 11.5 Å². The molecule has 3 aromatic carbocycles. The van der Waals surface area contributed by atoms with Crippen molar-refractivity contribution in [2.24, 2.45) is 0 Å². The van der Waals surface area contributed by atoms with Gasteiger partial charge in [0.2, 0.25) is 0 Å². The quantitative estimate of drug-likeness (QED) is 0.343. The van der Waals surface area contributed by atoms with Gasteiger partial charge >= 0.3 is 5.97 Å². The van der Waals surface area contributed by atoms with Crippen molar-refractivity contribution in [2.75, 3.05) is 27.4 Å². The van der Waals surface area contributed by atoms with Crippen LogP contribution >= 0.6 is 0 Å². The normalized spacial score (nSPS) is 11.6. The number of carboxylic acid groups (broad SMARTS) is 1. The Kier molecular flexibility index (Phi) is 9.57. The van der Waals surface area contributed by atoms with Crippen molar-refractivity contribution in [3.05, 3.63) is 82.9 Å². The van der Waals surface area contributed by atoms with Crippen LogP contribution < -0.4 is 14.8 Å². The summed E-state index contributed by atoms with van der Waals surface area (Å²) < 4.78 is 44.5. The van der Waals surface area contributed by atoms with E-state index in [1.807, 2.05) is 19.1 Å². The minimum absolute atomic E-state index is 0.0952. The van der Waals surface area contributed by atoms with Crippen molar-refractivity contribution in [2.45, 2.75) is 25.8 Å². The van der Waals surface area contributed by atoms with Crippen LogP contribution in [0, 0.1) is 11.6 Å². The Hall–Kier alpha value is -3.98. The van der Waals surface area contributed by atoms with Crippen LogP contribution in [0.15, 0.2) is 54.6 Å². The topological polar surface area (TPSA) is 94.1 Å². The third-order valence-corrected chi connectivity index (χ3v) is 5.78. The lowest BCUT2D eigenvalue weighted by molar-refractivity contribution is -0.139. The first-order valence-electron chi connectivity index (χ1n) is 11.7. The van der Waals surface area contributed by atoms with E-state index in [9.17, 15) is 23.5 Å². The predicted octanol–water partition coefficient (Wildman–Crippen LogP) is 4.65. The summed E-state index contributed by atoms with van der Waals surface area (Å²) in [6.45, 7) is 3.14. The van der Waals surface area contributed by atoms with Crippen molar-refractivity contribution in [3.8, 4) is 22.6 Å². The van der Waals surface area contributed by atoms with Gasteiger partial charge in [-0.1, -0.05) is 30.3 Å². The first-order valence-corrected chi connectivity index (χ1v) is 11.7. The fourth-order valence-electron chi connectivity index (χ4n) is 3.92. The highest BCUT2D eigenvalue weighted by Crippen LogP contribution is 2.40. The summed E-state index contributed by atoms with van der Waals surface area (Å²) in [7, 11) is 3.13. The number of carboxylic acids is 1. The van der Waals surface area contributed by atoms with Gasteiger partial charge in [0.15, 0.2) is 0 Å². The molecule has 0 aliphatic heterocycles. The molecule has 1 amide bonds. The van der Waals surface area contributed by atoms with Crippen molar-refractivity contribution in [3.63, 3.8) is 0 Å². The lowest BCUT2D eigenvalue weighted by atomic mass is 9.97. The second kappa shape index (κ2) is 12.8. The Labute approximate surface area is 214 Å². The van der Waals surface area contributed by atoms with E-state index < -0.39 is 35.1 Å². The van der Waals surface area contributed by atoms with Crippen molar-refractivity contribution in [1.29, 1.82) is 0 Å². The molecule has 0 saturated carbocycles. The summed E-state index contributed by atoms with van der Waals surface area (Å²) in [5.74, 6) is -3.39. The predicted molar refractivity (Wildman–Crippen MR) is 134 cm³/mol. The monoisotopic (exact) mass is 513 g/mol. The molecule has 0 aliphatic rings. The van der Waals surface area contributed by atoms with Gasteiger partial charge in [0, 0.05) is 13.0 Å². The highest BCUT2D eigenvalue weighted by atomic mass is 19.1. The molecule has 0 spiro atoms. The standard InChI is InChI=1S/C28H29F2NO6/c1-4-37-13-12-18-15-23(35-2)25(24(16-18)36-3)19-10-8-17(9-11-19)14-22(28(33)34)31-27(32)26-20(29)6-5-7-21(26)30/h5-11,15-16,22H,4,12-14H2,1-3H3,(H,31,32)(H,33,34)/t22-/m0/s1. The number of hydrogen-bond acceptors (Lipinski definition) is 5. The number of aliphatic carboxylic acids is 1. The summed E-state index contributed by atoms with van der Waals surface area (Å²) >= 11 is 0. The molecule has 0 aromatic heterocycles. The van der Waals surface area contributed by atoms with E-state index in [2.05, 4.69) is 5.32 Å². The molecule has 3 aromatic rings. The summed E-state index contributed by atoms with van der Waals surface area (Å²) in [4.78, 5) is 24.2. The summed E-state index contributed by atoms with van der Waals surface area (Å²) in [6, 6.07) is 12.4. The number of methoxy groups -OCH3 is 2. The molecule has 3 rings (SSSR count). The fourth-order valence-corrected chi connectivity index (χ4v) is 3.92. The highest BCUT2D eigenvalue weighted by Gasteiger charge is 2.25. The molecule has 9 heteroatoms. The van der Waals surface area contributed by atoms with Crippen molar-refractivity contribution >= 4 is 11.9 Å². The van der Waals surface area contributed by atoms with Crippen LogP contribution in [0.2, 0.25) is 0 Å². The first kappa shape index (κ1) is 27.6. The number of hydrogen-bond donors (Lipinski definition) is 2. The lowest BCUT2D eigenvalue weighted by Gasteiger charge is -2.17. The smallest absolute Gasteiger partial charge is 0.326 e. The molecular weight excluding hydrogens is 484 g/mol. The number of rotatable bonds is 12. The van der Waals surface area contributed by atoms with Gasteiger partial charge in [-0.25, -0.2) is 13.6 Å². The zero-order valence-corrected chi connectivity index (χ0v) is 20.8. The fraction of sp³-hybridized carbons (Fsp3) is 0.286. The molecule has 0 radical (unpaired) electrons. The van der Waals surface area contributed by atoms with E-state index >= 15 is 0 Å². The van der Waals surface area contributed by atoms with Crippen LogP contribution in [0.1, 0.15) is 28.4 Å². The first-order chi connectivity index (χ1) is 17.8. The van der Waals surface area contributed by atoms with Gasteiger partial charge in [0.25, 0.3) is 5.91 Å². The van der Waals surface area contributed by atoms with E-state index in [4.69, 9.17) is 14.2 Å². The number of carbonyl (C=O) groups excluding carboxylic acids is 1. The molecule has 0 bridgehead atoms. The van der Waals surface area contributed by atoms with Crippen LogP contribution in [0.3, 0.4) is 0 Å². The summed E-state index contributed by atoms with van der Waals surface area (Å²) in [5, 5.41) is 11.8. The Morgan fingerprint density at radius 1 is 0.946 bits per heavy atom. The Bertz CT molecular complexity index is 1200. The molecule has 0 aliphatic carbocycles. The van der Waals surface area contributed by atoms with Crippen LogP contribution in [0.4, 0.5) is 8.78 Å². The average molecular weight is 514 g/mol. The molecule has 2 N–H and O–H groups in total. The maximum Gasteiger partial charge on any atom is 0.326 e. The molecule has 7 nitrogen and oxygen atoms in total. The van der Waals surface area contributed by atoms with Gasteiger partial charge < -0.3 is 24.6 Å². The number of halogens is 2. The van der Waals surface area contributed by atoms with Crippen LogP contribution in [-0.2, 0) is 22.4 Å². The lowest BCUT2D eigenvalue weighted by Crippen LogP contribution is -2.42. The zero-order valence-electron chi connectivity index (χ0n) is 20.8. The molecule has 0 fully saturated rings. The largest absolute Gasteiger partial charge is 0.496 e. The molecular formula is C28H29F2NO6. The summed E-state index contributed by atoms with van der Waals surface area (Å²) in [6.07, 6.45) is 0.598. The minimum Gasteiger partial charge on any atom is -0.496 e. The number of ether oxygens (including phenoxy) is 3. The van der Waals surface area contributed by atoms with E-state index in [1.165, 1.54) is 0 Å². The molecule has 0 saturated heterocycles. The Morgan fingerprint density at radius 2 is 1.54 bits per heavy atom. The van der Waals surface area contributed by atoms with Gasteiger partial charge in [-0.3, -0.25) is 4.79 Å². The number of amides is 1. The van der Waals surface area contributed by atoms with Gasteiger partial charge in [-0.15, -0.1) is 0 Å². The summed E-state index contributed by atoms with van der Waals surface area (Å²) in [5.41, 5.74) is 2.27. The van der Waals surface area contributed by atoms with Gasteiger partial charge in [0.05, 0.1) is 26.4 Å². The minimum atomic E-state index is -1.40. The van der Waals surface area contributed by atoms with E-state index in [-0.39, 0.29) is 6.42 Å². The third-order valence-electron chi connectivity index (χ3n) is 5.78. The Balaban J connectivity index is 1.81. The SMILES string of the molecule is CCOCCc1cc(OC)c(-c2ccc(C[C@H](NC(=O)c3c(F)cccc3F)C(=O)O)cc2)c(OC)c1. The van der Waals surface area contributed by atoms with Crippen molar-refractivity contribution in [1.82, 2.24) is 5.32 Å². The van der Waals surface area contributed by atoms with Crippen LogP contribution in [0.25, 0.3) is 11.1 Å². The molecule has 1 atom stereocenters. The molecule has 0 unspecified atom stereocenters. The number of benzene rings is 3. The zero-order chi connectivity index (χ0) is 26.9. The highest BCUT2D eigenvalue weighted by molar-refractivity contribution is 5.97. The molecule has 196 valence electrons. The van der Waals surface area contributed by atoms with Crippen molar-refractivity contribution < 1.29 is 37.7 Å². The van der Waals surface area contributed by atoms with E-state index in [0.29, 0.717) is 36.7 Å². The second-order valence-corrected chi connectivity index (χ2v) is 8.18. The number of nitrogens with one attached hydrogen (secondary N) is 1. The second-order valence-electron chi connectivity index (χ2n) is 8.18. The van der Waals surface area contributed by atoms with Gasteiger partial charge in [0.1, 0.15) is 34.7 Å². The van der Waals surface area contributed by atoms with Gasteiger partial charge in [-0.05, 0) is 54.3 Å².